The van der Waals surface area contributed by atoms with Crippen molar-refractivity contribution in [2.75, 3.05) is 5.32 Å². The zero-order valence-corrected chi connectivity index (χ0v) is 15.7. The molecule has 1 atom stereocenters. The molecule has 0 spiro atoms. The Hall–Kier alpha value is -2.86. The van der Waals surface area contributed by atoms with Crippen molar-refractivity contribution < 1.29 is 9.59 Å². The SMILES string of the molecule is CCCCc1ccc2c(c1[N+]1(C(C)C)C(=O)Nc3ccc[c]c31)=NC(=O)N=2. The molecule has 27 heavy (non-hydrogen) atoms. The van der Waals surface area contributed by atoms with Crippen molar-refractivity contribution >= 4 is 29.1 Å². The number of aryl methyl sites for hydroxylation is 1. The van der Waals surface area contributed by atoms with E-state index in [0.717, 1.165) is 41.9 Å². The first-order valence-electron chi connectivity index (χ1n) is 9.35. The lowest BCUT2D eigenvalue weighted by molar-refractivity contribution is 0.224. The van der Waals surface area contributed by atoms with Crippen LogP contribution < -0.4 is 20.5 Å². The first-order valence-corrected chi connectivity index (χ1v) is 9.35. The minimum absolute atomic E-state index is 0.0509. The summed E-state index contributed by atoms with van der Waals surface area (Å²) >= 11 is 0. The molecular formula is C21H22N4O2+. The molecule has 2 aromatic rings. The van der Waals surface area contributed by atoms with Crippen molar-refractivity contribution in [1.82, 2.24) is 4.48 Å². The summed E-state index contributed by atoms with van der Waals surface area (Å²) in [6, 6.07) is 11.9. The van der Waals surface area contributed by atoms with Gasteiger partial charge in [0.05, 0.1) is 6.07 Å². The van der Waals surface area contributed by atoms with Crippen molar-refractivity contribution in [3.05, 3.63) is 52.7 Å². The second-order valence-electron chi connectivity index (χ2n) is 7.23. The van der Waals surface area contributed by atoms with E-state index < -0.39 is 6.03 Å². The molecule has 0 saturated carbocycles. The van der Waals surface area contributed by atoms with Gasteiger partial charge in [-0.3, -0.25) is 5.32 Å². The Labute approximate surface area is 157 Å². The summed E-state index contributed by atoms with van der Waals surface area (Å²) in [5, 5.41) is 4.05. The Morgan fingerprint density at radius 2 is 2.00 bits per heavy atom. The van der Waals surface area contributed by atoms with E-state index in [4.69, 9.17) is 0 Å². The molecule has 4 rings (SSSR count). The quantitative estimate of drug-likeness (QED) is 0.822. The summed E-state index contributed by atoms with van der Waals surface area (Å²) in [6.45, 7) is 6.15. The van der Waals surface area contributed by atoms with Crippen LogP contribution >= 0.6 is 0 Å². The van der Waals surface area contributed by atoms with E-state index in [2.05, 4.69) is 28.3 Å². The van der Waals surface area contributed by atoms with Crippen molar-refractivity contribution in [3.8, 4) is 0 Å². The fourth-order valence-corrected chi connectivity index (χ4v) is 4.09. The second-order valence-corrected chi connectivity index (χ2v) is 7.23. The summed E-state index contributed by atoms with van der Waals surface area (Å²) in [5.74, 6) is 0. The third-order valence-corrected chi connectivity index (χ3v) is 5.31. The Morgan fingerprint density at radius 1 is 1.19 bits per heavy atom. The van der Waals surface area contributed by atoms with Gasteiger partial charge in [0.15, 0.2) is 16.7 Å². The average Bonchev–Trinajstić information content (AvgIpc) is 3.16. The summed E-state index contributed by atoms with van der Waals surface area (Å²) in [7, 11) is 0. The predicted molar refractivity (Wildman–Crippen MR) is 104 cm³/mol. The zero-order valence-electron chi connectivity index (χ0n) is 15.7. The van der Waals surface area contributed by atoms with E-state index in [-0.39, 0.29) is 16.6 Å². The number of amides is 4. The maximum absolute atomic E-state index is 13.4. The minimum Gasteiger partial charge on any atom is -0.269 e. The van der Waals surface area contributed by atoms with Crippen LogP contribution in [0, 0.1) is 6.07 Å². The third-order valence-electron chi connectivity index (χ3n) is 5.31. The Morgan fingerprint density at radius 3 is 2.74 bits per heavy atom. The number of para-hydroxylation sites is 1. The number of urea groups is 2. The molecule has 2 aliphatic heterocycles. The maximum atomic E-state index is 13.4. The van der Waals surface area contributed by atoms with E-state index in [1.54, 1.807) is 0 Å². The molecule has 2 heterocycles. The van der Waals surface area contributed by atoms with Gasteiger partial charge in [0.25, 0.3) is 0 Å². The van der Waals surface area contributed by atoms with Crippen LogP contribution in [0.25, 0.3) is 0 Å². The molecule has 6 heteroatoms. The molecular weight excluding hydrogens is 340 g/mol. The highest BCUT2D eigenvalue weighted by atomic mass is 16.2. The first-order chi connectivity index (χ1) is 13.0. The normalized spacial score (nSPS) is 20.1. The fraction of sp³-hybridized carbons (Fsp3) is 0.333. The summed E-state index contributed by atoms with van der Waals surface area (Å²) in [6.07, 6.45) is 2.83. The third kappa shape index (κ3) is 2.44. The number of fused-ring (bicyclic) bond motifs is 2. The molecule has 1 radical (unpaired) electrons. The second kappa shape index (κ2) is 6.39. The number of anilines is 1. The van der Waals surface area contributed by atoms with Crippen LogP contribution in [-0.2, 0) is 6.42 Å². The van der Waals surface area contributed by atoms with Crippen molar-refractivity contribution in [2.24, 2.45) is 9.98 Å². The van der Waals surface area contributed by atoms with E-state index in [1.807, 2.05) is 44.2 Å². The largest absolute Gasteiger partial charge is 0.431 e. The van der Waals surface area contributed by atoms with Crippen LogP contribution in [0.4, 0.5) is 26.7 Å². The van der Waals surface area contributed by atoms with Gasteiger partial charge in [-0.1, -0.05) is 25.5 Å². The number of carbonyl (C=O) groups excluding carboxylic acids is 2. The molecule has 0 fully saturated rings. The number of rotatable bonds is 5. The summed E-state index contributed by atoms with van der Waals surface area (Å²) in [4.78, 5) is 33.5. The number of nitrogens with one attached hydrogen (secondary N) is 1. The smallest absolute Gasteiger partial charge is 0.269 e. The number of unbranched alkanes of at least 4 members (excludes halogenated alkanes) is 1. The number of hydrogen-bond donors (Lipinski definition) is 1. The molecule has 0 bridgehead atoms. The van der Waals surface area contributed by atoms with Crippen LogP contribution in [0.5, 0.6) is 0 Å². The summed E-state index contributed by atoms with van der Waals surface area (Å²) < 4.78 is -0.0509. The predicted octanol–water partition coefficient (Wildman–Crippen LogP) is 3.80. The zero-order chi connectivity index (χ0) is 19.2. The first kappa shape index (κ1) is 17.5. The standard InChI is InChI=1S/C21H21N4O2/c1-4-5-8-14-11-12-16-18(24-20(26)22-16)19(14)25(13(2)3)17-10-7-6-9-15(17)23-21(25)27/h6-7,9,11-13H,4-5,8H2,1-3H3/p+1. The van der Waals surface area contributed by atoms with Gasteiger partial charge in [-0.05, 0) is 44.9 Å². The fourth-order valence-electron chi connectivity index (χ4n) is 4.09. The molecule has 4 amide bonds. The molecule has 6 nitrogen and oxygen atoms in total. The van der Waals surface area contributed by atoms with Crippen molar-refractivity contribution in [1.29, 1.82) is 0 Å². The molecule has 137 valence electrons. The van der Waals surface area contributed by atoms with Crippen molar-refractivity contribution in [3.63, 3.8) is 0 Å². The number of carbonyl (C=O) groups is 2. The molecule has 2 aliphatic rings. The lowest BCUT2D eigenvalue weighted by Gasteiger charge is -2.34. The van der Waals surface area contributed by atoms with Gasteiger partial charge in [-0.15, -0.1) is 0 Å². The lowest BCUT2D eigenvalue weighted by Crippen LogP contribution is -2.57. The highest BCUT2D eigenvalue weighted by molar-refractivity contribution is 6.12. The molecule has 1 unspecified atom stereocenters. The highest BCUT2D eigenvalue weighted by Crippen LogP contribution is 2.46. The maximum Gasteiger partial charge on any atom is 0.431 e. The Kier molecular flexibility index (Phi) is 4.15. The minimum atomic E-state index is -0.516. The van der Waals surface area contributed by atoms with Gasteiger partial charge in [-0.2, -0.15) is 14.5 Å². The van der Waals surface area contributed by atoms with Crippen molar-refractivity contribution in [2.45, 2.75) is 46.1 Å². The van der Waals surface area contributed by atoms with Crippen LogP contribution in [0.3, 0.4) is 0 Å². The Bertz CT molecular complexity index is 1070. The Balaban J connectivity index is 2.12. The number of benzene rings is 2. The molecule has 0 aliphatic carbocycles. The van der Waals surface area contributed by atoms with Gasteiger partial charge in [0.1, 0.15) is 17.1 Å². The van der Waals surface area contributed by atoms with Crippen LogP contribution in [0.1, 0.15) is 39.2 Å². The lowest BCUT2D eigenvalue weighted by atomic mass is 10.0. The highest BCUT2D eigenvalue weighted by Gasteiger charge is 2.54. The van der Waals surface area contributed by atoms with Gasteiger partial charge < -0.3 is 0 Å². The average molecular weight is 362 g/mol. The number of nitrogens with zero attached hydrogens (tertiary/aromatic N) is 3. The van der Waals surface area contributed by atoms with Crippen LogP contribution in [0.15, 0.2) is 40.3 Å². The molecule has 0 aromatic heterocycles. The van der Waals surface area contributed by atoms with Gasteiger partial charge >= 0.3 is 12.1 Å². The van der Waals surface area contributed by atoms with E-state index >= 15 is 0 Å². The monoisotopic (exact) mass is 362 g/mol. The van der Waals surface area contributed by atoms with Gasteiger partial charge in [0.2, 0.25) is 0 Å². The summed E-state index contributed by atoms with van der Waals surface area (Å²) in [5.41, 5.74) is 3.29. The van der Waals surface area contributed by atoms with Gasteiger partial charge in [0, 0.05) is 5.56 Å². The molecule has 1 N–H and O–H groups in total. The molecule has 2 aromatic carbocycles. The number of quaternary nitrogens is 1. The van der Waals surface area contributed by atoms with Gasteiger partial charge in [-0.25, -0.2) is 9.59 Å². The van der Waals surface area contributed by atoms with E-state index in [9.17, 15) is 9.59 Å². The van der Waals surface area contributed by atoms with Crippen LogP contribution in [0.2, 0.25) is 0 Å². The van der Waals surface area contributed by atoms with Crippen LogP contribution in [-0.4, -0.2) is 18.1 Å². The number of hydrogen-bond acceptors (Lipinski definition) is 2. The van der Waals surface area contributed by atoms with E-state index in [0.29, 0.717) is 10.7 Å². The molecule has 0 saturated heterocycles. The van der Waals surface area contributed by atoms with E-state index in [1.165, 1.54) is 0 Å². The topological polar surface area (TPSA) is 70.9 Å².